The van der Waals surface area contributed by atoms with Crippen LogP contribution in [0.25, 0.3) is 0 Å². The maximum Gasteiger partial charge on any atom is 0.416 e. The lowest BCUT2D eigenvalue weighted by Gasteiger charge is -2.39. The van der Waals surface area contributed by atoms with E-state index < -0.39 is 29.7 Å². The number of alkyl halides is 3. The minimum absolute atomic E-state index is 0.0554. The van der Waals surface area contributed by atoms with Crippen molar-refractivity contribution in [2.24, 2.45) is 11.8 Å². The Hall–Kier alpha value is -3.41. The number of imide groups is 1. The number of hydrogen-bond acceptors (Lipinski definition) is 5. The van der Waals surface area contributed by atoms with Gasteiger partial charge in [0, 0.05) is 31.8 Å². The van der Waals surface area contributed by atoms with Crippen LogP contribution >= 0.6 is 0 Å². The fraction of sp³-hybridized carbons (Fsp3) is 0.400. The molecular weight excluding hydrogens is 435 g/mol. The minimum Gasteiger partial charge on any atom is -0.478 e. The molecule has 0 saturated carbocycles. The van der Waals surface area contributed by atoms with E-state index in [1.54, 1.807) is 0 Å². The van der Waals surface area contributed by atoms with Crippen molar-refractivity contribution < 1.29 is 42.6 Å². The first-order chi connectivity index (χ1) is 15.0. The van der Waals surface area contributed by atoms with E-state index in [0.29, 0.717) is 30.8 Å². The number of benzene rings is 1. The SMILES string of the molecule is O=C(NCc1cccc(C(F)(F)F)c1)N1CC2CNCC(C2)C1=O.O=C(O)/C=C/C(=O)O. The van der Waals surface area contributed by atoms with Crippen LogP contribution in [0.2, 0.25) is 0 Å². The maximum absolute atomic E-state index is 12.7. The molecule has 4 N–H and O–H groups in total. The van der Waals surface area contributed by atoms with Gasteiger partial charge in [0.25, 0.3) is 0 Å². The summed E-state index contributed by atoms with van der Waals surface area (Å²) in [6, 6.07) is 4.23. The normalized spacial score (nSPS) is 20.3. The molecule has 1 aromatic rings. The lowest BCUT2D eigenvalue weighted by atomic mass is 9.85. The third-order valence-electron chi connectivity index (χ3n) is 4.81. The largest absolute Gasteiger partial charge is 0.478 e. The standard InChI is InChI=1S/C16H18F3N3O2.C4H4O4/c17-16(18,19)13-3-1-2-10(5-13)7-21-15(24)22-9-11-4-12(14(22)23)8-20-6-11;5-3(6)1-2-4(7)8/h1-3,5,11-12,20H,4,6-9H2,(H,21,24);1-2H,(H,5,6)(H,7,8)/b;2-1+. The van der Waals surface area contributed by atoms with Gasteiger partial charge in [-0.1, -0.05) is 12.1 Å². The van der Waals surface area contributed by atoms with Gasteiger partial charge in [-0.15, -0.1) is 0 Å². The van der Waals surface area contributed by atoms with Crippen molar-refractivity contribution in [3.05, 3.63) is 47.5 Å². The summed E-state index contributed by atoms with van der Waals surface area (Å²) in [6.45, 7) is 1.62. The predicted molar refractivity (Wildman–Crippen MR) is 104 cm³/mol. The summed E-state index contributed by atoms with van der Waals surface area (Å²) in [7, 11) is 0. The Bertz CT molecular complexity index is 887. The number of halogens is 3. The topological polar surface area (TPSA) is 136 Å². The molecule has 32 heavy (non-hydrogen) atoms. The van der Waals surface area contributed by atoms with Crippen LogP contribution in [0.1, 0.15) is 17.5 Å². The molecule has 0 radical (unpaired) electrons. The van der Waals surface area contributed by atoms with E-state index in [-0.39, 0.29) is 24.3 Å². The molecule has 2 saturated heterocycles. The first-order valence-electron chi connectivity index (χ1n) is 9.57. The summed E-state index contributed by atoms with van der Waals surface area (Å²) in [5, 5.41) is 21.3. The Morgan fingerprint density at radius 2 is 1.81 bits per heavy atom. The molecule has 2 atom stereocenters. The molecule has 174 valence electrons. The van der Waals surface area contributed by atoms with E-state index >= 15 is 0 Å². The summed E-state index contributed by atoms with van der Waals surface area (Å²) >= 11 is 0. The van der Waals surface area contributed by atoms with E-state index in [4.69, 9.17) is 10.2 Å². The molecule has 12 heteroatoms. The van der Waals surface area contributed by atoms with E-state index in [0.717, 1.165) is 25.1 Å². The molecule has 2 aliphatic heterocycles. The van der Waals surface area contributed by atoms with E-state index in [2.05, 4.69) is 10.6 Å². The maximum atomic E-state index is 12.7. The molecule has 2 heterocycles. The van der Waals surface area contributed by atoms with Gasteiger partial charge in [-0.3, -0.25) is 9.69 Å². The molecule has 2 aliphatic rings. The number of rotatable bonds is 4. The second-order valence-corrected chi connectivity index (χ2v) is 7.27. The number of fused-ring (bicyclic) bond motifs is 2. The van der Waals surface area contributed by atoms with Crippen molar-refractivity contribution in [1.82, 2.24) is 15.5 Å². The molecular formula is C20H22F3N3O6. The van der Waals surface area contributed by atoms with E-state index in [9.17, 15) is 32.3 Å². The molecule has 2 unspecified atom stereocenters. The minimum atomic E-state index is -4.42. The third-order valence-corrected chi connectivity index (χ3v) is 4.81. The highest BCUT2D eigenvalue weighted by Gasteiger charge is 2.39. The molecule has 2 fully saturated rings. The lowest BCUT2D eigenvalue weighted by Crippen LogP contribution is -2.58. The number of amides is 3. The zero-order valence-electron chi connectivity index (χ0n) is 16.8. The summed E-state index contributed by atoms with van der Waals surface area (Å²) in [6.07, 6.45) is -2.53. The number of urea groups is 1. The second kappa shape index (κ2) is 10.8. The first kappa shape index (κ1) is 24.9. The van der Waals surface area contributed by atoms with Gasteiger partial charge < -0.3 is 20.8 Å². The number of piperidine rings is 2. The molecule has 0 aromatic heterocycles. The molecule has 1 aromatic carbocycles. The first-order valence-corrected chi connectivity index (χ1v) is 9.57. The fourth-order valence-electron chi connectivity index (χ4n) is 3.38. The Labute approximate surface area is 180 Å². The molecule has 3 amide bonds. The third kappa shape index (κ3) is 7.38. The van der Waals surface area contributed by atoms with Crippen LogP contribution in [0.4, 0.5) is 18.0 Å². The van der Waals surface area contributed by atoms with Gasteiger partial charge in [-0.05, 0) is 36.6 Å². The summed E-state index contributed by atoms with van der Waals surface area (Å²) < 4.78 is 38.1. The number of carbonyl (C=O) groups excluding carboxylic acids is 2. The highest BCUT2D eigenvalue weighted by atomic mass is 19.4. The van der Waals surface area contributed by atoms with Crippen molar-refractivity contribution in [2.75, 3.05) is 19.6 Å². The monoisotopic (exact) mass is 457 g/mol. The van der Waals surface area contributed by atoms with Crippen LogP contribution in [-0.2, 0) is 27.1 Å². The lowest BCUT2D eigenvalue weighted by molar-refractivity contribution is -0.138. The van der Waals surface area contributed by atoms with Crippen LogP contribution < -0.4 is 10.6 Å². The number of carboxylic acids is 2. The zero-order chi connectivity index (χ0) is 23.9. The van der Waals surface area contributed by atoms with Crippen LogP contribution in [0.5, 0.6) is 0 Å². The average Bonchev–Trinajstić information content (AvgIpc) is 2.73. The van der Waals surface area contributed by atoms with Crippen molar-refractivity contribution in [3.8, 4) is 0 Å². The molecule has 3 rings (SSSR count). The Kier molecular flexibility index (Phi) is 8.35. The van der Waals surface area contributed by atoms with Crippen molar-refractivity contribution >= 4 is 23.9 Å². The van der Waals surface area contributed by atoms with Crippen LogP contribution in [-0.4, -0.2) is 58.6 Å². The summed E-state index contributed by atoms with van der Waals surface area (Å²) in [5.41, 5.74) is -0.423. The number of carboxylic acid groups (broad SMARTS) is 2. The highest BCUT2D eigenvalue weighted by molar-refractivity contribution is 5.96. The van der Waals surface area contributed by atoms with Gasteiger partial charge in [0.1, 0.15) is 0 Å². The average molecular weight is 457 g/mol. The quantitative estimate of drug-likeness (QED) is 0.505. The smallest absolute Gasteiger partial charge is 0.416 e. The fourth-order valence-corrected chi connectivity index (χ4v) is 3.38. The zero-order valence-corrected chi connectivity index (χ0v) is 16.8. The Morgan fingerprint density at radius 3 is 2.41 bits per heavy atom. The molecule has 0 aliphatic carbocycles. The van der Waals surface area contributed by atoms with E-state index in [1.165, 1.54) is 17.0 Å². The number of likely N-dealkylation sites (tertiary alicyclic amines) is 1. The van der Waals surface area contributed by atoms with Crippen LogP contribution in [0.15, 0.2) is 36.4 Å². The van der Waals surface area contributed by atoms with Gasteiger partial charge in [0.05, 0.1) is 11.5 Å². The summed E-state index contributed by atoms with van der Waals surface area (Å²) in [5.74, 6) is -2.70. The van der Waals surface area contributed by atoms with Gasteiger partial charge in [0.2, 0.25) is 5.91 Å². The Balaban J connectivity index is 0.000000390. The number of aliphatic carboxylic acids is 2. The van der Waals surface area contributed by atoms with Crippen LogP contribution in [0, 0.1) is 11.8 Å². The van der Waals surface area contributed by atoms with E-state index in [1.807, 2.05) is 0 Å². The molecule has 0 spiro atoms. The predicted octanol–water partition coefficient (Wildman–Crippen LogP) is 1.69. The van der Waals surface area contributed by atoms with Gasteiger partial charge in [0.15, 0.2) is 0 Å². The van der Waals surface area contributed by atoms with Crippen molar-refractivity contribution in [1.29, 1.82) is 0 Å². The molecule has 9 nitrogen and oxygen atoms in total. The van der Waals surface area contributed by atoms with Gasteiger partial charge >= 0.3 is 24.1 Å². The van der Waals surface area contributed by atoms with Gasteiger partial charge in [-0.2, -0.15) is 13.2 Å². The number of nitrogens with one attached hydrogen (secondary N) is 2. The summed E-state index contributed by atoms with van der Waals surface area (Å²) in [4.78, 5) is 44.8. The number of hydrogen-bond donors (Lipinski definition) is 4. The number of nitrogens with zero attached hydrogens (tertiary/aromatic N) is 1. The molecule has 2 bridgehead atoms. The van der Waals surface area contributed by atoms with Crippen LogP contribution in [0.3, 0.4) is 0 Å². The van der Waals surface area contributed by atoms with Crippen molar-refractivity contribution in [3.63, 3.8) is 0 Å². The highest BCUT2D eigenvalue weighted by Crippen LogP contribution is 2.29. The number of carbonyl (C=O) groups is 4. The van der Waals surface area contributed by atoms with Gasteiger partial charge in [-0.25, -0.2) is 14.4 Å². The Morgan fingerprint density at radius 1 is 1.16 bits per heavy atom. The second-order valence-electron chi connectivity index (χ2n) is 7.27. The van der Waals surface area contributed by atoms with Crippen molar-refractivity contribution in [2.45, 2.75) is 19.1 Å².